The zero-order chi connectivity index (χ0) is 15.3. The van der Waals surface area contributed by atoms with E-state index in [2.05, 4.69) is 5.32 Å². The van der Waals surface area contributed by atoms with Gasteiger partial charge in [-0.3, -0.25) is 4.79 Å². The molecule has 0 unspecified atom stereocenters. The van der Waals surface area contributed by atoms with Crippen molar-refractivity contribution in [3.63, 3.8) is 0 Å². The Morgan fingerprint density at radius 2 is 2.00 bits per heavy atom. The third kappa shape index (κ3) is 4.10. The van der Waals surface area contributed by atoms with Gasteiger partial charge in [0.05, 0.1) is 22.8 Å². The van der Waals surface area contributed by atoms with E-state index in [1.165, 1.54) is 12.1 Å². The lowest BCUT2D eigenvalue weighted by Gasteiger charge is -2.24. The molecular weight excluding hydrogens is 280 g/mol. The number of carbonyl (C=O) groups is 1. The molecule has 1 rings (SSSR count). The van der Waals surface area contributed by atoms with E-state index < -0.39 is 10.0 Å². The monoisotopic (exact) mass is 300 g/mol. The number of anilines is 2. The van der Waals surface area contributed by atoms with Gasteiger partial charge in [0.15, 0.2) is 0 Å². The van der Waals surface area contributed by atoms with Crippen molar-refractivity contribution >= 4 is 27.3 Å². The smallest absolute Gasteiger partial charge is 0.239 e. The Kier molecular flexibility index (Phi) is 5.34. The van der Waals surface area contributed by atoms with Crippen LogP contribution in [-0.2, 0) is 14.8 Å². The van der Waals surface area contributed by atoms with Crippen LogP contribution in [0, 0.1) is 0 Å². The van der Waals surface area contributed by atoms with Crippen molar-refractivity contribution in [2.75, 3.05) is 30.3 Å². The van der Waals surface area contributed by atoms with Crippen LogP contribution in [0.2, 0.25) is 0 Å². The third-order valence-corrected chi connectivity index (χ3v) is 3.67. The van der Waals surface area contributed by atoms with Crippen LogP contribution in [0.25, 0.3) is 0 Å². The molecule has 0 aliphatic rings. The Labute approximate surface area is 119 Å². The Morgan fingerprint density at radius 3 is 2.45 bits per heavy atom. The molecular formula is C12H20N4O3S. The topological polar surface area (TPSA) is 119 Å². The summed E-state index contributed by atoms with van der Waals surface area (Å²) >= 11 is 0. The van der Waals surface area contributed by atoms with Crippen molar-refractivity contribution in [3.05, 3.63) is 18.2 Å². The summed E-state index contributed by atoms with van der Waals surface area (Å²) in [7, 11) is -3.78. The first-order valence-corrected chi connectivity index (χ1v) is 7.78. The summed E-state index contributed by atoms with van der Waals surface area (Å²) in [5.41, 5.74) is 6.72. The van der Waals surface area contributed by atoms with E-state index in [1.54, 1.807) is 11.0 Å². The predicted octanol–water partition coefficient (Wildman–Crippen LogP) is -0.121. The lowest BCUT2D eigenvalue weighted by molar-refractivity contribution is -0.119. The molecule has 0 fully saturated rings. The number of hydrogen-bond donors (Lipinski definition) is 3. The first-order valence-electron chi connectivity index (χ1n) is 6.23. The van der Waals surface area contributed by atoms with Crippen molar-refractivity contribution in [2.45, 2.75) is 18.7 Å². The van der Waals surface area contributed by atoms with E-state index >= 15 is 0 Å². The van der Waals surface area contributed by atoms with Crippen molar-refractivity contribution < 1.29 is 13.2 Å². The molecule has 0 bridgehead atoms. The molecule has 0 aliphatic carbocycles. The second kappa shape index (κ2) is 6.58. The number of nitrogens with zero attached hydrogens (tertiary/aromatic N) is 1. The maximum absolute atomic E-state index is 11.6. The Morgan fingerprint density at radius 1 is 1.35 bits per heavy atom. The molecule has 0 aliphatic heterocycles. The van der Waals surface area contributed by atoms with Crippen LogP contribution in [0.4, 0.5) is 11.4 Å². The van der Waals surface area contributed by atoms with Crippen LogP contribution < -0.4 is 21.1 Å². The van der Waals surface area contributed by atoms with E-state index in [0.717, 1.165) is 0 Å². The number of benzene rings is 1. The second-order valence-electron chi connectivity index (χ2n) is 4.23. The van der Waals surface area contributed by atoms with E-state index in [4.69, 9.17) is 10.9 Å². The van der Waals surface area contributed by atoms with E-state index in [-0.39, 0.29) is 23.0 Å². The summed E-state index contributed by atoms with van der Waals surface area (Å²) in [4.78, 5) is 13.3. The number of rotatable bonds is 6. The number of nitrogen functional groups attached to an aromatic ring is 1. The van der Waals surface area contributed by atoms with Crippen LogP contribution >= 0.6 is 0 Å². The summed E-state index contributed by atoms with van der Waals surface area (Å²) < 4.78 is 22.5. The molecule has 0 heterocycles. The average molecular weight is 300 g/mol. The zero-order valence-electron chi connectivity index (χ0n) is 11.6. The van der Waals surface area contributed by atoms with Crippen LogP contribution in [0.3, 0.4) is 0 Å². The Bertz CT molecular complexity index is 586. The highest BCUT2D eigenvalue weighted by molar-refractivity contribution is 7.89. The first kappa shape index (κ1) is 16.3. The van der Waals surface area contributed by atoms with Crippen LogP contribution in [0.5, 0.6) is 0 Å². The van der Waals surface area contributed by atoms with Gasteiger partial charge in [0.1, 0.15) is 0 Å². The van der Waals surface area contributed by atoms with E-state index in [0.29, 0.717) is 18.8 Å². The number of hydrogen-bond acceptors (Lipinski definition) is 5. The standard InChI is InChI=1S/C12H20N4O3S/c1-3-15-12(17)8-16(4-2)11-6-5-9(7-10(11)13)20(14,18)19/h5-7H,3-4,8,13H2,1-2H3,(H,15,17)(H2,14,18,19). The Hall–Kier alpha value is -1.80. The Balaban J connectivity index is 3.02. The average Bonchev–Trinajstić information content (AvgIpc) is 2.35. The SMILES string of the molecule is CCNC(=O)CN(CC)c1ccc(S(N)(=O)=O)cc1N. The minimum atomic E-state index is -3.78. The molecule has 20 heavy (non-hydrogen) atoms. The summed E-state index contributed by atoms with van der Waals surface area (Å²) in [6.07, 6.45) is 0. The maximum Gasteiger partial charge on any atom is 0.239 e. The first-order chi connectivity index (χ1) is 9.29. The lowest BCUT2D eigenvalue weighted by atomic mass is 10.2. The predicted molar refractivity (Wildman–Crippen MR) is 78.8 cm³/mol. The summed E-state index contributed by atoms with van der Waals surface area (Å²) in [5.74, 6) is -0.121. The van der Waals surface area contributed by atoms with Gasteiger partial charge >= 0.3 is 0 Å². The van der Waals surface area contributed by atoms with Crippen LogP contribution in [-0.4, -0.2) is 34.0 Å². The van der Waals surface area contributed by atoms with Gasteiger partial charge in [0, 0.05) is 13.1 Å². The number of nitrogens with two attached hydrogens (primary N) is 2. The highest BCUT2D eigenvalue weighted by Gasteiger charge is 2.15. The van der Waals surface area contributed by atoms with Gasteiger partial charge < -0.3 is 16.0 Å². The molecule has 0 spiro atoms. The van der Waals surface area contributed by atoms with Gasteiger partial charge in [-0.25, -0.2) is 13.6 Å². The van der Waals surface area contributed by atoms with Gasteiger partial charge in [-0.1, -0.05) is 0 Å². The maximum atomic E-state index is 11.6. The third-order valence-electron chi connectivity index (χ3n) is 2.76. The number of nitrogens with one attached hydrogen (secondary N) is 1. The molecule has 5 N–H and O–H groups in total. The van der Waals surface area contributed by atoms with Crippen molar-refractivity contribution in [1.82, 2.24) is 5.32 Å². The summed E-state index contributed by atoms with van der Waals surface area (Å²) in [6.45, 7) is 4.99. The lowest BCUT2D eigenvalue weighted by Crippen LogP contribution is -2.37. The highest BCUT2D eigenvalue weighted by atomic mass is 32.2. The fourth-order valence-corrected chi connectivity index (χ4v) is 2.34. The van der Waals surface area contributed by atoms with E-state index in [9.17, 15) is 13.2 Å². The molecule has 8 heteroatoms. The van der Waals surface area contributed by atoms with E-state index in [1.807, 2.05) is 13.8 Å². The largest absolute Gasteiger partial charge is 0.397 e. The molecule has 0 saturated heterocycles. The molecule has 112 valence electrons. The van der Waals surface area contributed by atoms with Gasteiger partial charge in [0.2, 0.25) is 15.9 Å². The minimum absolute atomic E-state index is 0.0483. The molecule has 0 aromatic heterocycles. The number of carbonyl (C=O) groups excluding carboxylic acids is 1. The number of primary sulfonamides is 1. The zero-order valence-corrected chi connectivity index (χ0v) is 12.4. The van der Waals surface area contributed by atoms with Crippen molar-refractivity contribution in [3.8, 4) is 0 Å². The molecule has 0 atom stereocenters. The summed E-state index contributed by atoms with van der Waals surface area (Å²) in [6, 6.07) is 4.23. The fraction of sp³-hybridized carbons (Fsp3) is 0.417. The van der Waals surface area contributed by atoms with Crippen molar-refractivity contribution in [1.29, 1.82) is 0 Å². The number of amides is 1. The quantitative estimate of drug-likeness (QED) is 0.633. The fourth-order valence-electron chi connectivity index (χ4n) is 1.79. The molecule has 1 amide bonds. The van der Waals surface area contributed by atoms with Gasteiger partial charge in [0.25, 0.3) is 0 Å². The minimum Gasteiger partial charge on any atom is -0.397 e. The van der Waals surface area contributed by atoms with Gasteiger partial charge in [-0.05, 0) is 32.0 Å². The number of likely N-dealkylation sites (N-methyl/N-ethyl adjacent to an activating group) is 2. The molecule has 0 saturated carbocycles. The molecule has 0 radical (unpaired) electrons. The normalized spacial score (nSPS) is 11.2. The van der Waals surface area contributed by atoms with Gasteiger partial charge in [-0.2, -0.15) is 0 Å². The van der Waals surface area contributed by atoms with Crippen LogP contribution in [0.1, 0.15) is 13.8 Å². The van der Waals surface area contributed by atoms with Gasteiger partial charge in [-0.15, -0.1) is 0 Å². The van der Waals surface area contributed by atoms with Crippen LogP contribution in [0.15, 0.2) is 23.1 Å². The van der Waals surface area contributed by atoms with Crippen molar-refractivity contribution in [2.24, 2.45) is 5.14 Å². The molecule has 7 nitrogen and oxygen atoms in total. The molecule has 1 aromatic rings. The second-order valence-corrected chi connectivity index (χ2v) is 5.79. The number of sulfonamides is 1. The summed E-state index contributed by atoms with van der Waals surface area (Å²) in [5, 5.41) is 7.74. The molecule has 1 aromatic carbocycles. The highest BCUT2D eigenvalue weighted by Crippen LogP contribution is 2.25.